The van der Waals surface area contributed by atoms with E-state index in [1.54, 1.807) is 23.6 Å². The van der Waals surface area contributed by atoms with Crippen molar-refractivity contribution in [3.63, 3.8) is 0 Å². The molecule has 0 aliphatic heterocycles. The maximum atomic E-state index is 12.7. The quantitative estimate of drug-likeness (QED) is 0.250. The fourth-order valence-electron chi connectivity index (χ4n) is 4.01. The molecule has 0 fully saturated rings. The van der Waals surface area contributed by atoms with E-state index in [4.69, 9.17) is 9.47 Å². The van der Waals surface area contributed by atoms with Crippen LogP contribution in [0.25, 0.3) is 0 Å². The van der Waals surface area contributed by atoms with E-state index in [1.807, 2.05) is 109 Å². The average molecular weight is 495 g/mol. The van der Waals surface area contributed by atoms with E-state index in [2.05, 4.69) is 0 Å². The lowest BCUT2D eigenvalue weighted by molar-refractivity contribution is 0.161. The van der Waals surface area contributed by atoms with E-state index in [-0.39, 0.29) is 0 Å². The Kier molecular flexibility index (Phi) is 8.55. The lowest BCUT2D eigenvalue weighted by atomic mass is 10.0. The average Bonchev–Trinajstić information content (AvgIpc) is 2.92. The lowest BCUT2D eigenvalue weighted by Crippen LogP contribution is -2.26. The van der Waals surface area contributed by atoms with Gasteiger partial charge in [-0.3, -0.25) is 0 Å². The van der Waals surface area contributed by atoms with Crippen LogP contribution in [0.2, 0.25) is 0 Å². The van der Waals surface area contributed by atoms with Crippen LogP contribution in [0, 0.1) is 0 Å². The summed E-state index contributed by atoms with van der Waals surface area (Å²) in [5.41, 5.74) is 5.15. The van der Waals surface area contributed by atoms with Gasteiger partial charge in [-0.2, -0.15) is 0 Å². The molecule has 0 radical (unpaired) electrons. The number of rotatable bonds is 8. The van der Waals surface area contributed by atoms with E-state index >= 15 is 0 Å². The normalized spacial score (nSPS) is 10.4. The molecular formula is C31H30N2O4. The zero-order valence-electron chi connectivity index (χ0n) is 21.0. The van der Waals surface area contributed by atoms with Crippen LogP contribution in [0.15, 0.2) is 109 Å². The van der Waals surface area contributed by atoms with Crippen molar-refractivity contribution in [3.8, 4) is 0 Å². The monoisotopic (exact) mass is 494 g/mol. The van der Waals surface area contributed by atoms with E-state index in [9.17, 15) is 9.59 Å². The number of carbonyl (C=O) groups is 2. The molecule has 2 amide bonds. The molecule has 0 N–H and O–H groups in total. The Morgan fingerprint density at radius 3 is 1.16 bits per heavy atom. The van der Waals surface area contributed by atoms with Gasteiger partial charge in [-0.25, -0.2) is 19.4 Å². The second-order valence-corrected chi connectivity index (χ2v) is 8.25. The van der Waals surface area contributed by atoms with Gasteiger partial charge in [-0.1, -0.05) is 60.7 Å². The van der Waals surface area contributed by atoms with Crippen LogP contribution in [0.1, 0.15) is 25.0 Å². The molecule has 0 aliphatic carbocycles. The predicted molar refractivity (Wildman–Crippen MR) is 147 cm³/mol. The smallest absolute Gasteiger partial charge is 0.418 e. The van der Waals surface area contributed by atoms with Crippen LogP contribution in [0.5, 0.6) is 0 Å². The van der Waals surface area contributed by atoms with Crippen LogP contribution < -0.4 is 9.80 Å². The van der Waals surface area contributed by atoms with E-state index in [0.29, 0.717) is 19.6 Å². The Morgan fingerprint density at radius 2 is 0.838 bits per heavy atom. The minimum absolute atomic E-state index is 0.300. The summed E-state index contributed by atoms with van der Waals surface area (Å²) in [6.07, 6.45) is -0.126. The molecule has 4 aromatic rings. The molecule has 6 heteroatoms. The lowest BCUT2D eigenvalue weighted by Gasteiger charge is -2.22. The molecule has 0 saturated heterocycles. The number of carbonyl (C=O) groups excluding carboxylic acids is 2. The van der Waals surface area contributed by atoms with Crippen molar-refractivity contribution in [2.45, 2.75) is 20.3 Å². The topological polar surface area (TPSA) is 59.1 Å². The minimum atomic E-state index is -0.415. The van der Waals surface area contributed by atoms with Crippen LogP contribution >= 0.6 is 0 Å². The molecule has 0 aromatic heterocycles. The van der Waals surface area contributed by atoms with Gasteiger partial charge >= 0.3 is 12.2 Å². The number of hydrogen-bond donors (Lipinski definition) is 0. The van der Waals surface area contributed by atoms with Crippen LogP contribution in [-0.4, -0.2) is 25.4 Å². The van der Waals surface area contributed by atoms with Gasteiger partial charge in [-0.15, -0.1) is 0 Å². The molecule has 0 atom stereocenters. The molecule has 0 saturated carbocycles. The number of amides is 2. The van der Waals surface area contributed by atoms with Crippen molar-refractivity contribution in [1.82, 2.24) is 0 Å². The summed E-state index contributed by atoms with van der Waals surface area (Å²) >= 11 is 0. The van der Waals surface area contributed by atoms with E-state index < -0.39 is 12.2 Å². The summed E-state index contributed by atoms with van der Waals surface area (Å²) in [4.78, 5) is 28.5. The molecule has 0 heterocycles. The number of ether oxygens (including phenoxy) is 2. The fraction of sp³-hybridized carbons (Fsp3) is 0.161. The zero-order valence-corrected chi connectivity index (χ0v) is 21.0. The number of nitrogens with zero attached hydrogens (tertiary/aromatic N) is 2. The molecule has 4 aromatic carbocycles. The number of hydrogen-bond acceptors (Lipinski definition) is 4. The molecule has 0 aliphatic rings. The molecule has 0 spiro atoms. The highest BCUT2D eigenvalue weighted by Gasteiger charge is 2.20. The maximum Gasteiger partial charge on any atom is 0.418 e. The van der Waals surface area contributed by atoms with Gasteiger partial charge in [0.05, 0.1) is 36.0 Å². The Morgan fingerprint density at radius 1 is 0.514 bits per heavy atom. The maximum absolute atomic E-state index is 12.7. The van der Waals surface area contributed by atoms with Crippen molar-refractivity contribution >= 4 is 34.9 Å². The first kappa shape index (κ1) is 25.5. The summed E-state index contributed by atoms with van der Waals surface area (Å²) < 4.78 is 10.6. The Balaban J connectivity index is 1.52. The van der Waals surface area contributed by atoms with Crippen LogP contribution in [0.4, 0.5) is 32.3 Å². The molecule has 6 nitrogen and oxygen atoms in total. The molecule has 188 valence electrons. The van der Waals surface area contributed by atoms with Crippen molar-refractivity contribution in [1.29, 1.82) is 0 Å². The Labute approximate surface area is 217 Å². The van der Waals surface area contributed by atoms with Gasteiger partial charge in [0.2, 0.25) is 0 Å². The van der Waals surface area contributed by atoms with Gasteiger partial charge in [0, 0.05) is 0 Å². The van der Waals surface area contributed by atoms with Crippen molar-refractivity contribution in [3.05, 3.63) is 120 Å². The summed E-state index contributed by atoms with van der Waals surface area (Å²) in [6.45, 7) is 4.19. The summed E-state index contributed by atoms with van der Waals surface area (Å²) in [7, 11) is 0. The van der Waals surface area contributed by atoms with Crippen molar-refractivity contribution < 1.29 is 19.1 Å². The SMILES string of the molecule is CCOC(=O)N(c1ccccc1)c1ccc(Cc2ccc(N(C(=O)OCC)c3ccccc3)cc2)cc1. The largest absolute Gasteiger partial charge is 0.449 e. The van der Waals surface area contributed by atoms with Gasteiger partial charge in [-0.05, 0) is 79.9 Å². The molecule has 0 unspecified atom stereocenters. The number of anilines is 4. The van der Waals surface area contributed by atoms with E-state index in [0.717, 1.165) is 33.9 Å². The van der Waals surface area contributed by atoms with Gasteiger partial charge < -0.3 is 9.47 Å². The van der Waals surface area contributed by atoms with Gasteiger partial charge in [0.15, 0.2) is 0 Å². The first-order valence-electron chi connectivity index (χ1n) is 12.3. The van der Waals surface area contributed by atoms with Crippen molar-refractivity contribution in [2.24, 2.45) is 0 Å². The van der Waals surface area contributed by atoms with Crippen molar-refractivity contribution in [2.75, 3.05) is 23.0 Å². The molecule has 4 rings (SSSR count). The Hall–Kier alpha value is -4.58. The predicted octanol–water partition coefficient (Wildman–Crippen LogP) is 7.87. The fourth-order valence-corrected chi connectivity index (χ4v) is 4.01. The molecule has 0 bridgehead atoms. The third kappa shape index (κ3) is 6.35. The van der Waals surface area contributed by atoms with Crippen LogP contribution in [0.3, 0.4) is 0 Å². The highest BCUT2D eigenvalue weighted by atomic mass is 16.6. The summed E-state index contributed by atoms with van der Waals surface area (Å²) in [6, 6.07) is 34.6. The zero-order chi connectivity index (χ0) is 26.0. The number of para-hydroxylation sites is 2. The summed E-state index contributed by atoms with van der Waals surface area (Å²) in [5, 5.41) is 0. The highest BCUT2D eigenvalue weighted by molar-refractivity contribution is 5.96. The summed E-state index contributed by atoms with van der Waals surface area (Å²) in [5.74, 6) is 0. The standard InChI is InChI=1S/C31H30N2O4/c1-3-36-30(34)32(26-11-7-5-8-12-26)28-19-15-24(16-20-28)23-25-17-21-29(22-18-25)33(31(35)37-4-2)27-13-9-6-10-14-27/h5-22H,3-4,23H2,1-2H3. The first-order chi connectivity index (χ1) is 18.1. The third-order valence-corrected chi connectivity index (χ3v) is 5.73. The number of benzene rings is 4. The first-order valence-corrected chi connectivity index (χ1v) is 12.3. The molecular weight excluding hydrogens is 464 g/mol. The van der Waals surface area contributed by atoms with Gasteiger partial charge in [0.25, 0.3) is 0 Å². The second-order valence-electron chi connectivity index (χ2n) is 8.25. The Bertz CT molecular complexity index is 1190. The minimum Gasteiger partial charge on any atom is -0.449 e. The molecule has 37 heavy (non-hydrogen) atoms. The highest BCUT2D eigenvalue weighted by Crippen LogP contribution is 2.29. The van der Waals surface area contributed by atoms with Gasteiger partial charge in [0.1, 0.15) is 0 Å². The third-order valence-electron chi connectivity index (χ3n) is 5.73. The van der Waals surface area contributed by atoms with Crippen LogP contribution in [-0.2, 0) is 15.9 Å². The second kappa shape index (κ2) is 12.4. The van der Waals surface area contributed by atoms with E-state index in [1.165, 1.54) is 0 Å².